The van der Waals surface area contributed by atoms with Crippen molar-refractivity contribution in [3.8, 4) is 0 Å². The number of hydrogen-bond donors (Lipinski definition) is 2. The van der Waals surface area contributed by atoms with Crippen molar-refractivity contribution < 1.29 is 0 Å². The molecule has 0 aliphatic carbocycles. The molecule has 0 atom stereocenters. The third-order valence-corrected chi connectivity index (χ3v) is 5.98. The Morgan fingerprint density at radius 3 is 2.71 bits per heavy atom. The van der Waals surface area contributed by atoms with Gasteiger partial charge in [-0.3, -0.25) is 0 Å². The van der Waals surface area contributed by atoms with Crippen LogP contribution in [0.2, 0.25) is 10.0 Å². The minimum Gasteiger partial charge on any atom is -0.385 e. The highest BCUT2D eigenvalue weighted by atomic mass is 35.5. The molecule has 2 heterocycles. The molecule has 1 aliphatic rings. The molecule has 0 radical (unpaired) electrons. The summed E-state index contributed by atoms with van der Waals surface area (Å²) in [5.74, 6) is 0.776. The largest absolute Gasteiger partial charge is 0.385 e. The highest BCUT2D eigenvalue weighted by Crippen LogP contribution is 2.35. The topological polar surface area (TPSA) is 49.8 Å². The Morgan fingerprint density at radius 1 is 1.07 bits per heavy atom. The van der Waals surface area contributed by atoms with Gasteiger partial charge in [-0.15, -0.1) is 0 Å². The Kier molecular flexibility index (Phi) is 5.49. The zero-order valence-electron chi connectivity index (χ0n) is 15.4. The van der Waals surface area contributed by atoms with E-state index in [1.54, 1.807) is 6.07 Å². The first-order valence-corrected chi connectivity index (χ1v) is 10.4. The fourth-order valence-electron chi connectivity index (χ4n) is 2.88. The quantitative estimate of drug-likeness (QED) is 0.478. The average molecular weight is 429 g/mol. The van der Waals surface area contributed by atoms with Crippen molar-refractivity contribution in [1.82, 2.24) is 15.3 Å². The maximum atomic E-state index is 6.33. The molecule has 0 amide bonds. The van der Waals surface area contributed by atoms with Crippen molar-refractivity contribution in [1.29, 1.82) is 0 Å². The van der Waals surface area contributed by atoms with Crippen LogP contribution in [0.25, 0.3) is 10.9 Å². The molecule has 4 rings (SSSR count). The number of dihydropyridines is 1. The lowest BCUT2D eigenvalue weighted by Gasteiger charge is -2.20. The molecule has 28 heavy (non-hydrogen) atoms. The Morgan fingerprint density at radius 2 is 1.89 bits per heavy atom. The molecule has 1 aliphatic heterocycles. The van der Waals surface area contributed by atoms with Gasteiger partial charge in [-0.1, -0.05) is 35.3 Å². The summed E-state index contributed by atoms with van der Waals surface area (Å²) in [7, 11) is 0. The van der Waals surface area contributed by atoms with Gasteiger partial charge >= 0.3 is 0 Å². The Balaban J connectivity index is 1.75. The van der Waals surface area contributed by atoms with Crippen molar-refractivity contribution in [3.63, 3.8) is 0 Å². The smallest absolute Gasteiger partial charge is 0.195 e. The highest BCUT2D eigenvalue weighted by molar-refractivity contribution is 7.99. The molecule has 3 aromatic rings. The number of anilines is 1. The molecule has 2 aromatic carbocycles. The van der Waals surface area contributed by atoms with Crippen LogP contribution in [0.5, 0.6) is 0 Å². The first-order chi connectivity index (χ1) is 13.5. The molecule has 0 bridgehead atoms. The second-order valence-electron chi connectivity index (χ2n) is 6.55. The van der Waals surface area contributed by atoms with E-state index < -0.39 is 0 Å². The lowest BCUT2D eigenvalue weighted by molar-refractivity contribution is 0.839. The minimum atomic E-state index is 0.583. The molecular weight excluding hydrogens is 411 g/mol. The number of benzene rings is 2. The zero-order valence-corrected chi connectivity index (χ0v) is 17.7. The van der Waals surface area contributed by atoms with Crippen LogP contribution >= 0.6 is 35.0 Å². The summed E-state index contributed by atoms with van der Waals surface area (Å²) in [4.78, 5) is 10.3. The van der Waals surface area contributed by atoms with Crippen molar-refractivity contribution in [2.45, 2.75) is 23.9 Å². The number of nitrogens with zero attached hydrogens (tertiary/aromatic N) is 2. The number of para-hydroxylation sites is 1. The molecule has 142 valence electrons. The molecule has 4 nitrogen and oxygen atoms in total. The third kappa shape index (κ3) is 4.12. The van der Waals surface area contributed by atoms with Gasteiger partial charge in [0.1, 0.15) is 5.82 Å². The monoisotopic (exact) mass is 428 g/mol. The summed E-state index contributed by atoms with van der Waals surface area (Å²) in [6.45, 7) is 4.97. The molecule has 7 heteroatoms. The maximum absolute atomic E-state index is 6.33. The summed E-state index contributed by atoms with van der Waals surface area (Å²) in [6.07, 6.45) is 2.10. The first-order valence-electron chi connectivity index (χ1n) is 8.78. The van der Waals surface area contributed by atoms with Crippen LogP contribution in [0.4, 0.5) is 5.82 Å². The summed E-state index contributed by atoms with van der Waals surface area (Å²) in [5.41, 5.74) is 4.28. The summed E-state index contributed by atoms with van der Waals surface area (Å²) in [5, 5.41) is 9.62. The van der Waals surface area contributed by atoms with Gasteiger partial charge in [0.2, 0.25) is 0 Å². The van der Waals surface area contributed by atoms with Crippen LogP contribution in [0.15, 0.2) is 75.6 Å². The predicted molar refractivity (Wildman–Crippen MR) is 118 cm³/mol. The van der Waals surface area contributed by atoms with E-state index in [-0.39, 0.29) is 0 Å². The van der Waals surface area contributed by atoms with Gasteiger partial charge in [-0.2, -0.15) is 0 Å². The van der Waals surface area contributed by atoms with Crippen LogP contribution in [-0.4, -0.2) is 16.5 Å². The molecule has 2 N–H and O–H groups in total. The van der Waals surface area contributed by atoms with Crippen molar-refractivity contribution in [2.75, 3.05) is 11.9 Å². The SMILES string of the molecule is CC1=CC(Nc2nc(Sc3ccc(Cl)cc3Cl)nc3ccccc23)=C(C)CN1. The average Bonchev–Trinajstić information content (AvgIpc) is 2.67. The number of hydrogen-bond acceptors (Lipinski definition) is 5. The van der Waals surface area contributed by atoms with Gasteiger partial charge in [0.25, 0.3) is 0 Å². The van der Waals surface area contributed by atoms with Crippen LogP contribution in [-0.2, 0) is 0 Å². The fraction of sp³-hybridized carbons (Fsp3) is 0.143. The number of rotatable bonds is 4. The molecular formula is C21H18Cl2N4S. The van der Waals surface area contributed by atoms with Crippen molar-refractivity contribution in [3.05, 3.63) is 75.6 Å². The molecule has 0 fully saturated rings. The van der Waals surface area contributed by atoms with E-state index >= 15 is 0 Å². The molecule has 1 aromatic heterocycles. The maximum Gasteiger partial charge on any atom is 0.195 e. The molecule has 0 saturated carbocycles. The lowest BCUT2D eigenvalue weighted by atomic mass is 10.1. The second-order valence-corrected chi connectivity index (χ2v) is 8.40. The zero-order chi connectivity index (χ0) is 19.7. The van der Waals surface area contributed by atoms with Crippen molar-refractivity contribution >= 4 is 51.7 Å². The summed E-state index contributed by atoms with van der Waals surface area (Å²) in [6, 6.07) is 13.4. The van der Waals surface area contributed by atoms with E-state index in [4.69, 9.17) is 33.2 Å². The Hall–Kier alpha value is -2.21. The number of aromatic nitrogens is 2. The number of halogens is 2. The van der Waals surface area contributed by atoms with Gasteiger partial charge in [-0.05, 0) is 67.6 Å². The van der Waals surface area contributed by atoms with Crippen LogP contribution < -0.4 is 10.6 Å². The van der Waals surface area contributed by atoms with Crippen LogP contribution in [0.3, 0.4) is 0 Å². The number of allylic oxidation sites excluding steroid dienone is 2. The fourth-order valence-corrected chi connectivity index (χ4v) is 4.18. The van der Waals surface area contributed by atoms with E-state index in [1.807, 2.05) is 36.4 Å². The van der Waals surface area contributed by atoms with E-state index in [1.165, 1.54) is 17.3 Å². The number of fused-ring (bicyclic) bond motifs is 1. The Bertz CT molecular complexity index is 1120. The van der Waals surface area contributed by atoms with E-state index in [9.17, 15) is 0 Å². The Labute approximate surface area is 178 Å². The lowest BCUT2D eigenvalue weighted by Crippen LogP contribution is -2.21. The van der Waals surface area contributed by atoms with Gasteiger partial charge in [0, 0.05) is 33.2 Å². The molecule has 0 spiro atoms. The van der Waals surface area contributed by atoms with Crippen LogP contribution in [0, 0.1) is 0 Å². The van der Waals surface area contributed by atoms with E-state index in [0.717, 1.165) is 39.6 Å². The number of nitrogens with one attached hydrogen (secondary N) is 2. The standard InChI is InChI=1S/C21H18Cl2N4S/c1-12-11-24-13(2)9-18(12)25-20-15-5-3-4-6-17(15)26-21(27-20)28-19-8-7-14(22)10-16(19)23/h3-10,24H,11H2,1-2H3,(H,25,26,27). The highest BCUT2D eigenvalue weighted by Gasteiger charge is 2.14. The normalized spacial score (nSPS) is 14.1. The van der Waals surface area contributed by atoms with Gasteiger partial charge in [0.15, 0.2) is 5.16 Å². The second kappa shape index (κ2) is 8.03. The van der Waals surface area contributed by atoms with E-state index in [0.29, 0.717) is 15.2 Å². The van der Waals surface area contributed by atoms with Gasteiger partial charge in [-0.25, -0.2) is 9.97 Å². The van der Waals surface area contributed by atoms with Crippen molar-refractivity contribution in [2.24, 2.45) is 0 Å². The van der Waals surface area contributed by atoms with Gasteiger partial charge < -0.3 is 10.6 Å². The molecule has 0 saturated heterocycles. The predicted octanol–water partition coefficient (Wildman–Crippen LogP) is 6.28. The molecule has 0 unspecified atom stereocenters. The van der Waals surface area contributed by atoms with Crippen LogP contribution in [0.1, 0.15) is 13.8 Å². The van der Waals surface area contributed by atoms with E-state index in [2.05, 4.69) is 30.6 Å². The first kappa shape index (κ1) is 19.1. The summed E-state index contributed by atoms with van der Waals surface area (Å²) < 4.78 is 0. The summed E-state index contributed by atoms with van der Waals surface area (Å²) >= 11 is 13.8. The third-order valence-electron chi connectivity index (χ3n) is 4.38. The minimum absolute atomic E-state index is 0.583. The van der Waals surface area contributed by atoms with Gasteiger partial charge in [0.05, 0.1) is 10.5 Å².